The van der Waals surface area contributed by atoms with E-state index in [0.29, 0.717) is 4.90 Å². The van der Waals surface area contributed by atoms with Crippen molar-refractivity contribution < 1.29 is 18.3 Å². The number of hydrogen-bond acceptors (Lipinski definition) is 5. The molecule has 0 saturated carbocycles. The van der Waals surface area contributed by atoms with E-state index >= 15 is 0 Å². The largest absolute Gasteiger partial charge is 0.592 e. The topological polar surface area (TPSA) is 71.0 Å². The van der Waals surface area contributed by atoms with Gasteiger partial charge in [0.2, 0.25) is 0 Å². The van der Waals surface area contributed by atoms with Gasteiger partial charge in [-0.3, -0.25) is 4.28 Å². The third kappa shape index (κ3) is 5.18. The Balaban J connectivity index is 2.60. The van der Waals surface area contributed by atoms with Crippen molar-refractivity contribution in [2.45, 2.75) is 38.2 Å². The molecule has 1 atom stereocenters. The normalized spacial score (nSPS) is 14.1. The van der Waals surface area contributed by atoms with Crippen LogP contribution < -0.4 is 5.11 Å². The van der Waals surface area contributed by atoms with Crippen LogP contribution in [-0.2, 0) is 20.1 Å². The van der Waals surface area contributed by atoms with Gasteiger partial charge in [-0.2, -0.15) is 0 Å². The third-order valence-electron chi connectivity index (χ3n) is 1.79. The van der Waals surface area contributed by atoms with Gasteiger partial charge in [0.05, 0.1) is 4.90 Å². The van der Waals surface area contributed by atoms with Crippen LogP contribution in [0.3, 0.4) is 0 Å². The van der Waals surface area contributed by atoms with Gasteiger partial charge in [-0.15, -0.1) is 0 Å². The van der Waals surface area contributed by atoms with Gasteiger partial charge in [0.15, 0.2) is 6.08 Å². The lowest BCUT2D eigenvalue weighted by molar-refractivity contribution is -0.263. The maximum Gasteiger partial charge on any atom is 0.265 e. The summed E-state index contributed by atoms with van der Waals surface area (Å²) in [4.78, 5) is 0.438. The van der Waals surface area contributed by atoms with Gasteiger partial charge in [-0.05, 0) is 19.1 Å². The zero-order chi connectivity index (χ0) is 13.8. The molecule has 0 fully saturated rings. The molecule has 0 radical (unpaired) electrons. The molecule has 5 nitrogen and oxygen atoms in total. The summed E-state index contributed by atoms with van der Waals surface area (Å²) < 4.78 is 21.1. The first kappa shape index (κ1) is 14.5. The molecule has 1 aromatic carbocycles. The third-order valence-corrected chi connectivity index (χ3v) is 2.65. The minimum absolute atomic E-state index is 0.438. The van der Waals surface area contributed by atoms with Crippen molar-refractivity contribution in [2.75, 3.05) is 0 Å². The molecule has 6 heteroatoms. The first-order valence-corrected chi connectivity index (χ1v) is 6.45. The SMILES string of the molecule is Cc1ccc(S(=O)O/N=C(\[O-])OC(C)(C)C)cc1. The van der Waals surface area contributed by atoms with Gasteiger partial charge >= 0.3 is 0 Å². The summed E-state index contributed by atoms with van der Waals surface area (Å²) in [5, 5.41) is 14.3. The number of rotatable bonds is 3. The fourth-order valence-electron chi connectivity index (χ4n) is 1.04. The molecule has 1 unspecified atom stereocenters. The molecule has 1 aromatic rings. The van der Waals surface area contributed by atoms with E-state index in [0.717, 1.165) is 5.56 Å². The maximum atomic E-state index is 11.6. The number of ether oxygens (including phenoxy) is 1. The number of aryl methyl sites for hydroxylation is 1. The van der Waals surface area contributed by atoms with Crippen molar-refractivity contribution in [2.24, 2.45) is 5.16 Å². The van der Waals surface area contributed by atoms with E-state index in [4.69, 9.17) is 4.74 Å². The van der Waals surface area contributed by atoms with E-state index in [1.54, 1.807) is 45.0 Å². The van der Waals surface area contributed by atoms with Gasteiger partial charge in [0, 0.05) is 5.60 Å². The van der Waals surface area contributed by atoms with Crippen LogP contribution in [-0.4, -0.2) is 15.9 Å². The van der Waals surface area contributed by atoms with Crippen LogP contribution in [0, 0.1) is 6.92 Å². The van der Waals surface area contributed by atoms with Crippen molar-refractivity contribution in [1.82, 2.24) is 0 Å². The highest BCUT2D eigenvalue weighted by Crippen LogP contribution is 2.10. The number of oxime groups is 1. The monoisotopic (exact) mass is 270 g/mol. The van der Waals surface area contributed by atoms with Crippen LogP contribution in [0.25, 0.3) is 0 Å². The first-order chi connectivity index (χ1) is 8.28. The molecule has 0 N–H and O–H groups in total. The predicted molar refractivity (Wildman–Crippen MR) is 66.9 cm³/mol. The lowest BCUT2D eigenvalue weighted by Gasteiger charge is -2.28. The Labute approximate surface area is 109 Å². The molecular formula is C12H16NO4S-. The highest BCUT2D eigenvalue weighted by Gasteiger charge is 2.07. The average molecular weight is 270 g/mol. The van der Waals surface area contributed by atoms with Crippen molar-refractivity contribution >= 4 is 17.2 Å². The Hall–Kier alpha value is -1.56. The molecule has 0 aliphatic carbocycles. The molecule has 0 aliphatic heterocycles. The quantitative estimate of drug-likeness (QED) is 0.474. The van der Waals surface area contributed by atoms with E-state index in [2.05, 4.69) is 9.44 Å². The molecule has 1 rings (SSSR count). The van der Waals surface area contributed by atoms with Gasteiger partial charge < -0.3 is 9.84 Å². The average Bonchev–Trinajstić information content (AvgIpc) is 2.24. The highest BCUT2D eigenvalue weighted by atomic mass is 32.2. The molecule has 0 heterocycles. The van der Waals surface area contributed by atoms with Gasteiger partial charge in [0.1, 0.15) is 0 Å². The maximum absolute atomic E-state index is 11.6. The lowest BCUT2D eigenvalue weighted by Crippen LogP contribution is -2.32. The Morgan fingerprint density at radius 3 is 2.33 bits per heavy atom. The molecule has 0 aromatic heterocycles. The van der Waals surface area contributed by atoms with Crippen LogP contribution in [0.2, 0.25) is 0 Å². The van der Waals surface area contributed by atoms with E-state index < -0.39 is 22.8 Å². The predicted octanol–water partition coefficient (Wildman–Crippen LogP) is 1.48. The van der Waals surface area contributed by atoms with Gasteiger partial charge in [-0.25, -0.2) is 4.21 Å². The van der Waals surface area contributed by atoms with E-state index in [9.17, 15) is 9.32 Å². The Morgan fingerprint density at radius 1 is 1.28 bits per heavy atom. The van der Waals surface area contributed by atoms with E-state index in [1.807, 2.05) is 6.92 Å². The van der Waals surface area contributed by atoms with Crippen LogP contribution in [0.4, 0.5) is 0 Å². The Kier molecular flexibility index (Phi) is 4.72. The smallest absolute Gasteiger partial charge is 0.265 e. The zero-order valence-electron chi connectivity index (χ0n) is 10.8. The number of benzene rings is 1. The summed E-state index contributed by atoms with van der Waals surface area (Å²) in [5.41, 5.74) is 0.384. The van der Waals surface area contributed by atoms with Crippen molar-refractivity contribution in [3.8, 4) is 0 Å². The molecule has 0 bridgehead atoms. The van der Waals surface area contributed by atoms with Gasteiger partial charge in [0.25, 0.3) is 11.1 Å². The van der Waals surface area contributed by atoms with Crippen molar-refractivity contribution in [3.05, 3.63) is 29.8 Å². The summed E-state index contributed by atoms with van der Waals surface area (Å²) in [6.07, 6.45) is -0.900. The van der Waals surface area contributed by atoms with Crippen LogP contribution in [0.1, 0.15) is 26.3 Å². The summed E-state index contributed by atoms with van der Waals surface area (Å²) in [6.45, 7) is 7.03. The fourth-order valence-corrected chi connectivity index (χ4v) is 1.61. The first-order valence-electron chi connectivity index (χ1n) is 5.38. The number of hydrogen-bond donors (Lipinski definition) is 0. The Morgan fingerprint density at radius 2 is 1.83 bits per heavy atom. The minimum atomic E-state index is -1.81. The molecule has 0 amide bonds. The summed E-state index contributed by atoms with van der Waals surface area (Å²) in [7, 11) is 0. The summed E-state index contributed by atoms with van der Waals surface area (Å²) >= 11 is -1.81. The second-order valence-corrected chi connectivity index (χ2v) is 5.78. The molecule has 0 aliphatic rings. The minimum Gasteiger partial charge on any atom is -0.592 e. The van der Waals surface area contributed by atoms with Crippen molar-refractivity contribution in [1.29, 1.82) is 0 Å². The molecule has 18 heavy (non-hydrogen) atoms. The lowest BCUT2D eigenvalue weighted by atomic mass is 10.2. The standard InChI is InChI=1S/C12H17NO4S/c1-9-5-7-10(8-6-9)18(15)17-13-11(14)16-12(2,3)4/h5-8H,1-4H3,(H,13,14)/p-1. The van der Waals surface area contributed by atoms with Crippen LogP contribution in [0.15, 0.2) is 34.3 Å². The van der Waals surface area contributed by atoms with Crippen LogP contribution in [0.5, 0.6) is 0 Å². The summed E-state index contributed by atoms with van der Waals surface area (Å²) in [5.74, 6) is 0. The molecular weight excluding hydrogens is 254 g/mol. The van der Waals surface area contributed by atoms with Gasteiger partial charge in [-0.1, -0.05) is 43.6 Å². The molecule has 0 spiro atoms. The molecule has 0 saturated heterocycles. The molecule has 100 valence electrons. The Bertz CT molecular complexity index is 448. The fraction of sp³-hybridized carbons (Fsp3) is 0.417. The van der Waals surface area contributed by atoms with E-state index in [-0.39, 0.29) is 0 Å². The highest BCUT2D eigenvalue weighted by molar-refractivity contribution is 7.80. The second-order valence-electron chi connectivity index (χ2n) is 4.69. The van der Waals surface area contributed by atoms with Crippen molar-refractivity contribution in [3.63, 3.8) is 0 Å². The van der Waals surface area contributed by atoms with Crippen LogP contribution >= 0.6 is 0 Å². The van der Waals surface area contributed by atoms with E-state index in [1.165, 1.54) is 0 Å². The summed E-state index contributed by atoms with van der Waals surface area (Å²) in [6, 6.07) is 6.89. The second kappa shape index (κ2) is 5.86. The zero-order valence-corrected chi connectivity index (χ0v) is 11.6. The number of nitrogens with zero attached hydrogens (tertiary/aromatic N) is 1.